The molecule has 1 aliphatic rings. The molecule has 1 aromatic heterocycles. The fourth-order valence-corrected chi connectivity index (χ4v) is 1.93. The molecule has 1 aromatic rings. The fourth-order valence-electron chi connectivity index (χ4n) is 1.93. The van der Waals surface area contributed by atoms with Crippen LogP contribution in [0.1, 0.15) is 19.0 Å². The molecule has 0 radical (unpaired) electrons. The third-order valence-electron chi connectivity index (χ3n) is 2.83. The van der Waals surface area contributed by atoms with Crippen LogP contribution in [0, 0.1) is 0 Å². The highest BCUT2D eigenvalue weighted by Crippen LogP contribution is 2.13. The van der Waals surface area contributed by atoms with E-state index < -0.39 is 0 Å². The van der Waals surface area contributed by atoms with E-state index in [2.05, 4.69) is 34.2 Å². The second-order valence-corrected chi connectivity index (χ2v) is 4.14. The van der Waals surface area contributed by atoms with Crippen molar-refractivity contribution in [3.8, 4) is 0 Å². The quantitative estimate of drug-likeness (QED) is 0.805. The molecule has 2 heterocycles. The van der Waals surface area contributed by atoms with Crippen molar-refractivity contribution in [2.75, 3.05) is 25.5 Å². The minimum Gasteiger partial charge on any atom is -0.366 e. The van der Waals surface area contributed by atoms with Gasteiger partial charge in [0.2, 0.25) is 0 Å². The first-order chi connectivity index (χ1) is 7.28. The summed E-state index contributed by atoms with van der Waals surface area (Å²) in [6.07, 6.45) is 3.80. The molecule has 1 unspecified atom stereocenters. The maximum Gasteiger partial charge on any atom is 0.129 e. The van der Waals surface area contributed by atoms with Gasteiger partial charge in [0, 0.05) is 24.3 Å². The van der Waals surface area contributed by atoms with Crippen molar-refractivity contribution in [1.29, 1.82) is 0 Å². The Bertz CT molecular complexity index is 326. The van der Waals surface area contributed by atoms with E-state index in [0.29, 0.717) is 6.04 Å². The van der Waals surface area contributed by atoms with Crippen LogP contribution in [0.2, 0.25) is 0 Å². The molecule has 0 saturated carbocycles. The third-order valence-corrected chi connectivity index (χ3v) is 2.83. The smallest absolute Gasteiger partial charge is 0.129 e. The molecule has 4 heteroatoms. The molecule has 1 fully saturated rings. The molecule has 2 rings (SSSR count). The lowest BCUT2D eigenvalue weighted by Crippen LogP contribution is -2.24. The average molecular weight is 206 g/mol. The number of hydrogen-bond donors (Lipinski definition) is 1. The third kappa shape index (κ3) is 2.65. The van der Waals surface area contributed by atoms with E-state index >= 15 is 0 Å². The molecule has 15 heavy (non-hydrogen) atoms. The number of nitrogens with one attached hydrogen (secondary N) is 1. The summed E-state index contributed by atoms with van der Waals surface area (Å²) in [5.74, 6) is 0.960. The Labute approximate surface area is 90.7 Å². The van der Waals surface area contributed by atoms with Crippen LogP contribution in [0.15, 0.2) is 12.4 Å². The number of likely N-dealkylation sites (tertiary alicyclic amines) is 1. The topological polar surface area (TPSA) is 41.0 Å². The van der Waals surface area contributed by atoms with E-state index in [-0.39, 0.29) is 0 Å². The minimum absolute atomic E-state index is 0.537. The monoisotopic (exact) mass is 206 g/mol. The summed E-state index contributed by atoms with van der Waals surface area (Å²) in [5, 5.41) is 3.45. The fraction of sp³-hybridized carbons (Fsp3) is 0.636. The van der Waals surface area contributed by atoms with E-state index in [1.165, 1.54) is 13.0 Å². The van der Waals surface area contributed by atoms with E-state index in [4.69, 9.17) is 0 Å². The summed E-state index contributed by atoms with van der Waals surface area (Å²) in [4.78, 5) is 10.8. The van der Waals surface area contributed by atoms with Gasteiger partial charge in [-0.1, -0.05) is 6.92 Å². The van der Waals surface area contributed by atoms with Crippen LogP contribution in [0.4, 0.5) is 5.82 Å². The second-order valence-electron chi connectivity index (χ2n) is 4.14. The zero-order valence-electron chi connectivity index (χ0n) is 9.40. The standard InChI is InChI=1S/C11H18N4/c1-3-9-6-11(13-8-12-9)14-10-4-5-15(2)7-10/h6,8,10H,3-5,7H2,1-2H3,(H,12,13,14). The Kier molecular flexibility index (Phi) is 3.16. The first-order valence-corrected chi connectivity index (χ1v) is 5.54. The second kappa shape index (κ2) is 4.57. The molecular weight excluding hydrogens is 188 g/mol. The van der Waals surface area contributed by atoms with Crippen LogP contribution < -0.4 is 5.32 Å². The van der Waals surface area contributed by atoms with Gasteiger partial charge in [0.25, 0.3) is 0 Å². The van der Waals surface area contributed by atoms with Crippen molar-refractivity contribution in [2.45, 2.75) is 25.8 Å². The number of likely N-dealkylation sites (N-methyl/N-ethyl adjacent to an activating group) is 1. The Morgan fingerprint density at radius 1 is 1.53 bits per heavy atom. The molecule has 0 bridgehead atoms. The van der Waals surface area contributed by atoms with E-state index in [0.717, 1.165) is 24.5 Å². The summed E-state index contributed by atoms with van der Waals surface area (Å²) >= 11 is 0. The molecule has 1 N–H and O–H groups in total. The molecule has 1 aliphatic heterocycles. The first kappa shape index (κ1) is 10.4. The van der Waals surface area contributed by atoms with Crippen LogP contribution in [-0.2, 0) is 6.42 Å². The Morgan fingerprint density at radius 2 is 2.40 bits per heavy atom. The highest BCUT2D eigenvalue weighted by molar-refractivity contribution is 5.36. The number of aromatic nitrogens is 2. The van der Waals surface area contributed by atoms with Gasteiger partial charge in [-0.2, -0.15) is 0 Å². The normalized spacial score (nSPS) is 21.9. The maximum atomic E-state index is 4.24. The van der Waals surface area contributed by atoms with E-state index in [9.17, 15) is 0 Å². The maximum absolute atomic E-state index is 4.24. The zero-order chi connectivity index (χ0) is 10.7. The highest BCUT2D eigenvalue weighted by Gasteiger charge is 2.19. The van der Waals surface area contributed by atoms with Crippen LogP contribution in [0.5, 0.6) is 0 Å². The van der Waals surface area contributed by atoms with Gasteiger partial charge in [0.15, 0.2) is 0 Å². The predicted molar refractivity (Wildman–Crippen MR) is 60.9 cm³/mol. The Balaban J connectivity index is 1.98. The molecule has 4 nitrogen and oxygen atoms in total. The molecule has 1 saturated heterocycles. The van der Waals surface area contributed by atoms with Crippen LogP contribution >= 0.6 is 0 Å². The largest absolute Gasteiger partial charge is 0.366 e. The number of aryl methyl sites for hydroxylation is 1. The van der Waals surface area contributed by atoms with Crippen LogP contribution in [0.3, 0.4) is 0 Å². The van der Waals surface area contributed by atoms with E-state index in [1.807, 2.05) is 6.07 Å². The van der Waals surface area contributed by atoms with Crippen molar-refractivity contribution < 1.29 is 0 Å². The average Bonchev–Trinajstić information content (AvgIpc) is 2.64. The molecule has 1 atom stereocenters. The molecule has 0 spiro atoms. The van der Waals surface area contributed by atoms with Gasteiger partial charge in [-0.3, -0.25) is 0 Å². The molecule has 0 aromatic carbocycles. The van der Waals surface area contributed by atoms with Crippen LogP contribution in [0.25, 0.3) is 0 Å². The van der Waals surface area contributed by atoms with Crippen LogP contribution in [-0.4, -0.2) is 41.0 Å². The molecular formula is C11H18N4. The summed E-state index contributed by atoms with van der Waals surface area (Å²) in [6, 6.07) is 2.58. The Morgan fingerprint density at radius 3 is 3.07 bits per heavy atom. The minimum atomic E-state index is 0.537. The van der Waals surface area contributed by atoms with Crippen molar-refractivity contribution in [1.82, 2.24) is 14.9 Å². The van der Waals surface area contributed by atoms with Gasteiger partial charge in [-0.25, -0.2) is 9.97 Å². The van der Waals surface area contributed by atoms with Gasteiger partial charge >= 0.3 is 0 Å². The van der Waals surface area contributed by atoms with E-state index in [1.54, 1.807) is 6.33 Å². The summed E-state index contributed by atoms with van der Waals surface area (Å²) in [7, 11) is 2.15. The lowest BCUT2D eigenvalue weighted by Gasteiger charge is -2.13. The lowest BCUT2D eigenvalue weighted by atomic mass is 10.2. The van der Waals surface area contributed by atoms with Gasteiger partial charge < -0.3 is 10.2 Å². The van der Waals surface area contributed by atoms with Gasteiger partial charge in [0.1, 0.15) is 12.1 Å². The zero-order valence-corrected chi connectivity index (χ0v) is 9.40. The lowest BCUT2D eigenvalue weighted by molar-refractivity contribution is 0.414. The Hall–Kier alpha value is -1.16. The predicted octanol–water partition coefficient (Wildman–Crippen LogP) is 1.16. The highest BCUT2D eigenvalue weighted by atomic mass is 15.2. The summed E-state index contributed by atoms with van der Waals surface area (Å²) < 4.78 is 0. The number of rotatable bonds is 3. The van der Waals surface area contributed by atoms with Gasteiger partial charge in [0.05, 0.1) is 0 Å². The molecule has 82 valence electrons. The SMILES string of the molecule is CCc1cc(NC2CCN(C)C2)ncn1. The number of hydrogen-bond acceptors (Lipinski definition) is 4. The molecule has 0 aliphatic carbocycles. The van der Waals surface area contributed by atoms with Crippen molar-refractivity contribution in [3.05, 3.63) is 18.1 Å². The number of nitrogens with zero attached hydrogens (tertiary/aromatic N) is 3. The van der Waals surface area contributed by atoms with Gasteiger partial charge in [-0.15, -0.1) is 0 Å². The number of anilines is 1. The first-order valence-electron chi connectivity index (χ1n) is 5.54. The summed E-state index contributed by atoms with van der Waals surface area (Å²) in [5.41, 5.74) is 1.10. The van der Waals surface area contributed by atoms with Gasteiger partial charge in [-0.05, 0) is 26.4 Å². The van der Waals surface area contributed by atoms with Crippen molar-refractivity contribution in [2.24, 2.45) is 0 Å². The molecule has 0 amide bonds. The summed E-state index contributed by atoms with van der Waals surface area (Å²) in [6.45, 7) is 4.38. The van der Waals surface area contributed by atoms with Crippen molar-refractivity contribution >= 4 is 5.82 Å². The van der Waals surface area contributed by atoms with Crippen molar-refractivity contribution in [3.63, 3.8) is 0 Å².